The Morgan fingerprint density at radius 1 is 1.03 bits per heavy atom. The zero-order chi connectivity index (χ0) is 23.5. The van der Waals surface area contributed by atoms with E-state index in [0.717, 1.165) is 44.4 Å². The van der Waals surface area contributed by atoms with Gasteiger partial charge in [0.05, 0.1) is 13.4 Å². The minimum absolute atomic E-state index is 0.141. The van der Waals surface area contributed by atoms with Gasteiger partial charge in [-0.25, -0.2) is 0 Å². The van der Waals surface area contributed by atoms with Crippen molar-refractivity contribution in [3.8, 4) is 16.9 Å². The van der Waals surface area contributed by atoms with Crippen LogP contribution in [0.5, 0.6) is 5.75 Å². The molecule has 0 atom stereocenters. The number of fused-ring (bicyclic) bond motifs is 1. The molecule has 0 spiro atoms. The number of amides is 1. The van der Waals surface area contributed by atoms with Gasteiger partial charge in [0, 0.05) is 34.7 Å². The maximum Gasteiger partial charge on any atom is 0.244 e. The first-order valence-corrected chi connectivity index (χ1v) is 11.1. The second kappa shape index (κ2) is 9.37. The second-order valence-corrected chi connectivity index (χ2v) is 8.46. The molecular formula is C29H29NO3. The molecule has 4 aromatic rings. The second-order valence-electron chi connectivity index (χ2n) is 8.46. The van der Waals surface area contributed by atoms with E-state index in [2.05, 4.69) is 43.4 Å². The molecule has 0 fully saturated rings. The molecular weight excluding hydrogens is 410 g/mol. The van der Waals surface area contributed by atoms with Gasteiger partial charge in [-0.05, 0) is 56.0 Å². The summed E-state index contributed by atoms with van der Waals surface area (Å²) >= 11 is 0. The molecule has 0 saturated carbocycles. The Balaban J connectivity index is 1.73. The monoisotopic (exact) mass is 439 g/mol. The number of carbonyl (C=O) groups excluding carboxylic acids is 1. The van der Waals surface area contributed by atoms with Crippen molar-refractivity contribution in [2.24, 2.45) is 0 Å². The van der Waals surface area contributed by atoms with Crippen LogP contribution < -0.4 is 10.1 Å². The summed E-state index contributed by atoms with van der Waals surface area (Å²) in [5.74, 6) is 0.576. The summed E-state index contributed by atoms with van der Waals surface area (Å²) in [6.45, 7) is 8.61. The van der Waals surface area contributed by atoms with Crippen molar-refractivity contribution in [2.75, 3.05) is 7.11 Å². The van der Waals surface area contributed by atoms with Crippen LogP contribution in [0, 0.1) is 20.8 Å². The third-order valence-electron chi connectivity index (χ3n) is 6.00. The standard InChI is InChI=1S/C29H29NO3/c1-18-11-12-23(19(2)13-18)26-17-33-29-21(4)28(32-5)24(15-25(26)29)20(3)14-27(31)30-16-22-9-7-6-8-10-22/h6-15,17H,16H2,1-5H3,(H,30,31)/b20-14+. The van der Waals surface area contributed by atoms with Gasteiger partial charge in [-0.15, -0.1) is 0 Å². The molecule has 4 nitrogen and oxygen atoms in total. The Bertz CT molecular complexity index is 1350. The van der Waals surface area contributed by atoms with Gasteiger partial charge in [-0.1, -0.05) is 54.1 Å². The molecule has 0 bridgehead atoms. The highest BCUT2D eigenvalue weighted by molar-refractivity contribution is 6.02. The molecule has 168 valence electrons. The molecule has 3 aromatic carbocycles. The predicted molar refractivity (Wildman–Crippen MR) is 134 cm³/mol. The van der Waals surface area contributed by atoms with Crippen LogP contribution in [0.4, 0.5) is 0 Å². The Labute approximate surface area is 194 Å². The topological polar surface area (TPSA) is 51.5 Å². The quantitative estimate of drug-likeness (QED) is 0.338. The van der Waals surface area contributed by atoms with Crippen molar-refractivity contribution in [3.63, 3.8) is 0 Å². The first-order valence-electron chi connectivity index (χ1n) is 11.1. The molecule has 33 heavy (non-hydrogen) atoms. The lowest BCUT2D eigenvalue weighted by atomic mass is 9.94. The van der Waals surface area contributed by atoms with Crippen molar-refractivity contribution >= 4 is 22.4 Å². The molecule has 1 heterocycles. The van der Waals surface area contributed by atoms with Gasteiger partial charge in [0.1, 0.15) is 11.3 Å². The molecule has 0 aliphatic rings. The molecule has 4 rings (SSSR count). The fourth-order valence-electron chi connectivity index (χ4n) is 4.31. The summed E-state index contributed by atoms with van der Waals surface area (Å²) in [4.78, 5) is 12.6. The van der Waals surface area contributed by atoms with Crippen molar-refractivity contribution in [3.05, 3.63) is 94.8 Å². The van der Waals surface area contributed by atoms with E-state index in [1.165, 1.54) is 11.1 Å². The van der Waals surface area contributed by atoms with Crippen LogP contribution in [-0.4, -0.2) is 13.0 Å². The summed E-state index contributed by atoms with van der Waals surface area (Å²) < 4.78 is 11.7. The number of aryl methyl sites for hydroxylation is 3. The van der Waals surface area contributed by atoms with Crippen LogP contribution in [-0.2, 0) is 11.3 Å². The molecule has 4 heteroatoms. The minimum atomic E-state index is -0.141. The Morgan fingerprint density at radius 2 is 1.79 bits per heavy atom. The van der Waals surface area contributed by atoms with Gasteiger partial charge in [0.25, 0.3) is 0 Å². The van der Waals surface area contributed by atoms with Gasteiger partial charge in [-0.3, -0.25) is 4.79 Å². The third-order valence-corrected chi connectivity index (χ3v) is 6.00. The predicted octanol–water partition coefficient (Wildman–Crippen LogP) is 6.75. The fourth-order valence-corrected chi connectivity index (χ4v) is 4.31. The number of benzene rings is 3. The number of carbonyl (C=O) groups is 1. The fraction of sp³-hybridized carbons (Fsp3) is 0.207. The van der Waals surface area contributed by atoms with E-state index in [-0.39, 0.29) is 5.91 Å². The maximum absolute atomic E-state index is 12.6. The highest BCUT2D eigenvalue weighted by atomic mass is 16.5. The lowest BCUT2D eigenvalue weighted by Crippen LogP contribution is -2.20. The smallest absolute Gasteiger partial charge is 0.244 e. The molecule has 1 N–H and O–H groups in total. The third kappa shape index (κ3) is 4.56. The average molecular weight is 440 g/mol. The Hall–Kier alpha value is -3.79. The van der Waals surface area contributed by atoms with E-state index in [1.807, 2.05) is 50.4 Å². The van der Waals surface area contributed by atoms with Crippen LogP contribution in [0.15, 0.2) is 71.4 Å². The highest BCUT2D eigenvalue weighted by Crippen LogP contribution is 2.41. The lowest BCUT2D eigenvalue weighted by Gasteiger charge is -2.14. The molecule has 0 saturated heterocycles. The lowest BCUT2D eigenvalue weighted by molar-refractivity contribution is -0.116. The number of nitrogens with one attached hydrogen (secondary N) is 1. The van der Waals surface area contributed by atoms with Crippen LogP contribution in [0.1, 0.15) is 34.7 Å². The molecule has 0 unspecified atom stereocenters. The maximum atomic E-state index is 12.6. The number of hydrogen-bond donors (Lipinski definition) is 1. The Kier molecular flexibility index (Phi) is 6.36. The van der Waals surface area contributed by atoms with Crippen molar-refractivity contribution < 1.29 is 13.9 Å². The molecule has 1 amide bonds. The molecule has 0 aliphatic carbocycles. The van der Waals surface area contributed by atoms with Crippen LogP contribution in [0.25, 0.3) is 27.7 Å². The van der Waals surface area contributed by atoms with Gasteiger partial charge in [0.15, 0.2) is 0 Å². The van der Waals surface area contributed by atoms with Crippen molar-refractivity contribution in [1.29, 1.82) is 0 Å². The molecule has 0 radical (unpaired) electrons. The van der Waals surface area contributed by atoms with Crippen LogP contribution >= 0.6 is 0 Å². The number of ether oxygens (including phenoxy) is 1. The van der Waals surface area contributed by atoms with Gasteiger partial charge in [-0.2, -0.15) is 0 Å². The Morgan fingerprint density at radius 3 is 2.48 bits per heavy atom. The molecule has 1 aromatic heterocycles. The summed E-state index contributed by atoms with van der Waals surface area (Å²) in [7, 11) is 1.65. The van der Waals surface area contributed by atoms with Crippen molar-refractivity contribution in [1.82, 2.24) is 5.32 Å². The van der Waals surface area contributed by atoms with E-state index in [4.69, 9.17) is 9.15 Å². The van der Waals surface area contributed by atoms with E-state index in [1.54, 1.807) is 13.2 Å². The summed E-state index contributed by atoms with van der Waals surface area (Å²) in [6, 6.07) is 18.4. The zero-order valence-corrected chi connectivity index (χ0v) is 19.8. The summed E-state index contributed by atoms with van der Waals surface area (Å²) in [5.41, 5.74) is 9.07. The highest BCUT2D eigenvalue weighted by Gasteiger charge is 2.19. The molecule has 0 aliphatic heterocycles. The van der Waals surface area contributed by atoms with Gasteiger partial charge >= 0.3 is 0 Å². The summed E-state index contributed by atoms with van der Waals surface area (Å²) in [5, 5.41) is 3.97. The van der Waals surface area contributed by atoms with E-state index < -0.39 is 0 Å². The largest absolute Gasteiger partial charge is 0.496 e. The number of rotatable bonds is 6. The minimum Gasteiger partial charge on any atom is -0.496 e. The first kappa shape index (κ1) is 22.4. The van der Waals surface area contributed by atoms with Gasteiger partial charge in [0.2, 0.25) is 5.91 Å². The average Bonchev–Trinajstić information content (AvgIpc) is 3.22. The first-order chi connectivity index (χ1) is 15.9. The van der Waals surface area contributed by atoms with E-state index >= 15 is 0 Å². The van der Waals surface area contributed by atoms with Crippen molar-refractivity contribution in [2.45, 2.75) is 34.2 Å². The van der Waals surface area contributed by atoms with E-state index in [0.29, 0.717) is 12.3 Å². The SMILES string of the molecule is COc1c(/C(C)=C/C(=O)NCc2ccccc2)cc2c(-c3ccc(C)cc3C)coc2c1C. The van der Waals surface area contributed by atoms with Crippen LogP contribution in [0.3, 0.4) is 0 Å². The van der Waals surface area contributed by atoms with Gasteiger partial charge < -0.3 is 14.5 Å². The van der Waals surface area contributed by atoms with E-state index in [9.17, 15) is 4.79 Å². The number of methoxy groups -OCH3 is 1. The number of allylic oxidation sites excluding steroid dienone is 1. The normalized spacial score (nSPS) is 11.6. The zero-order valence-electron chi connectivity index (χ0n) is 19.8. The van der Waals surface area contributed by atoms with Crippen LogP contribution in [0.2, 0.25) is 0 Å². The number of hydrogen-bond acceptors (Lipinski definition) is 3. The summed E-state index contributed by atoms with van der Waals surface area (Å²) in [6.07, 6.45) is 3.44. The number of furan rings is 1.